The van der Waals surface area contributed by atoms with Crippen molar-refractivity contribution in [3.8, 4) is 0 Å². The van der Waals surface area contributed by atoms with Crippen molar-refractivity contribution in [2.24, 2.45) is 5.73 Å². The van der Waals surface area contributed by atoms with Gasteiger partial charge in [-0.2, -0.15) is 0 Å². The first kappa shape index (κ1) is 10.8. The van der Waals surface area contributed by atoms with Crippen LogP contribution >= 0.6 is 0 Å². The van der Waals surface area contributed by atoms with Crippen LogP contribution in [-0.4, -0.2) is 36.5 Å². The number of rotatable bonds is 3. The van der Waals surface area contributed by atoms with Crippen LogP contribution in [0.1, 0.15) is 19.3 Å². The van der Waals surface area contributed by atoms with Crippen molar-refractivity contribution >= 4 is 11.9 Å². The molecule has 1 heterocycles. The number of hydroxylamine groups is 1. The Hall–Kier alpha value is -1.30. The lowest BCUT2D eigenvalue weighted by atomic mass is 10.1. The molecule has 0 aliphatic carbocycles. The first-order chi connectivity index (χ1) is 6.70. The van der Waals surface area contributed by atoms with Gasteiger partial charge in [-0.3, -0.25) is 9.63 Å². The number of carbonyl (C=O) groups is 2. The summed E-state index contributed by atoms with van der Waals surface area (Å²) in [6, 6.07) is -0.300. The summed E-state index contributed by atoms with van der Waals surface area (Å²) < 4.78 is 0. The van der Waals surface area contributed by atoms with Crippen molar-refractivity contribution in [2.75, 3.05) is 19.7 Å². The topological polar surface area (TPSA) is 84.7 Å². The standard InChI is InChI=1S/C8H15N3O3/c9-7(12)6-14-10-8(13)11-4-2-1-3-5-11/h1-6H2,(H2,9,12)(H,10,13). The van der Waals surface area contributed by atoms with Gasteiger partial charge in [0, 0.05) is 13.1 Å². The van der Waals surface area contributed by atoms with Gasteiger partial charge in [0.25, 0.3) is 0 Å². The summed E-state index contributed by atoms with van der Waals surface area (Å²) in [7, 11) is 0. The number of nitrogens with one attached hydrogen (secondary N) is 1. The third-order valence-corrected chi connectivity index (χ3v) is 2.02. The van der Waals surface area contributed by atoms with E-state index in [1.165, 1.54) is 0 Å². The van der Waals surface area contributed by atoms with Gasteiger partial charge in [0.05, 0.1) is 0 Å². The van der Waals surface area contributed by atoms with E-state index in [2.05, 4.69) is 10.3 Å². The largest absolute Gasteiger partial charge is 0.368 e. The van der Waals surface area contributed by atoms with Gasteiger partial charge in [0.15, 0.2) is 6.61 Å². The third-order valence-electron chi connectivity index (χ3n) is 2.02. The molecule has 0 aromatic carbocycles. The monoisotopic (exact) mass is 201 g/mol. The predicted molar refractivity (Wildman–Crippen MR) is 49.1 cm³/mol. The zero-order chi connectivity index (χ0) is 10.4. The lowest BCUT2D eigenvalue weighted by molar-refractivity contribution is -0.124. The molecule has 1 saturated heterocycles. The van der Waals surface area contributed by atoms with Crippen LogP contribution in [0.3, 0.4) is 0 Å². The minimum absolute atomic E-state index is 0.292. The van der Waals surface area contributed by atoms with Crippen molar-refractivity contribution in [1.82, 2.24) is 10.4 Å². The Kier molecular flexibility index (Phi) is 4.18. The second kappa shape index (κ2) is 5.43. The average Bonchev–Trinajstić information content (AvgIpc) is 2.18. The smallest absolute Gasteiger partial charge is 0.341 e. The highest BCUT2D eigenvalue weighted by Crippen LogP contribution is 2.07. The Balaban J connectivity index is 2.16. The molecular formula is C8H15N3O3. The van der Waals surface area contributed by atoms with Gasteiger partial charge in [-0.1, -0.05) is 0 Å². The minimum atomic E-state index is -0.607. The summed E-state index contributed by atoms with van der Waals surface area (Å²) in [5.41, 5.74) is 7.00. The van der Waals surface area contributed by atoms with E-state index in [4.69, 9.17) is 5.73 Å². The number of primary amides is 1. The SMILES string of the molecule is NC(=O)CONC(=O)N1CCCCC1. The molecule has 80 valence electrons. The second-order valence-electron chi connectivity index (χ2n) is 3.21. The minimum Gasteiger partial charge on any atom is -0.368 e. The van der Waals surface area contributed by atoms with Crippen LogP contribution in [0.2, 0.25) is 0 Å². The van der Waals surface area contributed by atoms with E-state index in [1.54, 1.807) is 4.90 Å². The molecule has 0 bridgehead atoms. The molecule has 0 atom stereocenters. The predicted octanol–water partition coefficient (Wildman–Crippen LogP) is -0.401. The highest BCUT2D eigenvalue weighted by atomic mass is 16.7. The molecule has 0 saturated carbocycles. The maximum atomic E-state index is 11.3. The van der Waals surface area contributed by atoms with E-state index >= 15 is 0 Å². The van der Waals surface area contributed by atoms with Crippen LogP contribution in [-0.2, 0) is 9.63 Å². The fraction of sp³-hybridized carbons (Fsp3) is 0.750. The van der Waals surface area contributed by atoms with Crippen LogP contribution < -0.4 is 11.2 Å². The number of urea groups is 1. The molecule has 6 nitrogen and oxygen atoms in total. The number of hydrogen-bond acceptors (Lipinski definition) is 3. The number of carbonyl (C=O) groups excluding carboxylic acids is 2. The summed E-state index contributed by atoms with van der Waals surface area (Å²) in [5.74, 6) is -0.607. The van der Waals surface area contributed by atoms with Gasteiger partial charge in [0.1, 0.15) is 0 Å². The van der Waals surface area contributed by atoms with Gasteiger partial charge in [0.2, 0.25) is 5.91 Å². The average molecular weight is 201 g/mol. The zero-order valence-electron chi connectivity index (χ0n) is 7.99. The van der Waals surface area contributed by atoms with Crippen molar-refractivity contribution in [1.29, 1.82) is 0 Å². The number of nitrogens with zero attached hydrogens (tertiary/aromatic N) is 1. The summed E-state index contributed by atoms with van der Waals surface area (Å²) in [4.78, 5) is 27.9. The molecule has 0 spiro atoms. The normalized spacial score (nSPS) is 16.4. The van der Waals surface area contributed by atoms with Crippen LogP contribution in [0.4, 0.5) is 4.79 Å². The molecule has 0 aromatic heterocycles. The molecule has 0 aromatic rings. The van der Waals surface area contributed by atoms with Crippen LogP contribution in [0.15, 0.2) is 0 Å². The van der Waals surface area contributed by atoms with Gasteiger partial charge in [-0.25, -0.2) is 10.3 Å². The van der Waals surface area contributed by atoms with Crippen LogP contribution in [0.25, 0.3) is 0 Å². The molecule has 1 aliphatic rings. The Morgan fingerprint density at radius 2 is 1.93 bits per heavy atom. The van der Waals surface area contributed by atoms with E-state index in [0.29, 0.717) is 0 Å². The Morgan fingerprint density at radius 3 is 2.50 bits per heavy atom. The summed E-state index contributed by atoms with van der Waals surface area (Å²) in [5, 5.41) is 0. The Morgan fingerprint density at radius 1 is 1.29 bits per heavy atom. The van der Waals surface area contributed by atoms with Crippen molar-refractivity contribution < 1.29 is 14.4 Å². The lowest BCUT2D eigenvalue weighted by Gasteiger charge is -2.26. The molecule has 6 heteroatoms. The first-order valence-corrected chi connectivity index (χ1v) is 4.65. The maximum Gasteiger partial charge on any atom is 0.341 e. The van der Waals surface area contributed by atoms with Gasteiger partial charge >= 0.3 is 6.03 Å². The molecule has 0 radical (unpaired) electrons. The first-order valence-electron chi connectivity index (χ1n) is 4.65. The zero-order valence-corrected chi connectivity index (χ0v) is 7.99. The lowest BCUT2D eigenvalue weighted by Crippen LogP contribution is -2.43. The van der Waals surface area contributed by atoms with Crippen LogP contribution in [0, 0.1) is 0 Å². The molecular weight excluding hydrogens is 186 g/mol. The van der Waals surface area contributed by atoms with E-state index in [1.807, 2.05) is 0 Å². The summed E-state index contributed by atoms with van der Waals surface area (Å²) >= 11 is 0. The highest BCUT2D eigenvalue weighted by molar-refractivity contribution is 5.76. The molecule has 1 fully saturated rings. The molecule has 3 N–H and O–H groups in total. The van der Waals surface area contributed by atoms with Gasteiger partial charge < -0.3 is 10.6 Å². The number of piperidine rings is 1. The molecule has 1 rings (SSSR count). The third kappa shape index (κ3) is 3.61. The summed E-state index contributed by atoms with van der Waals surface area (Å²) in [6.45, 7) is 1.19. The molecule has 0 unspecified atom stereocenters. The van der Waals surface area contributed by atoms with Crippen LogP contribution in [0.5, 0.6) is 0 Å². The summed E-state index contributed by atoms with van der Waals surface area (Å²) in [6.07, 6.45) is 3.19. The quantitative estimate of drug-likeness (QED) is 0.609. The fourth-order valence-corrected chi connectivity index (χ4v) is 1.33. The number of amides is 3. The van der Waals surface area contributed by atoms with Gasteiger partial charge in [-0.15, -0.1) is 0 Å². The number of nitrogens with two attached hydrogens (primary N) is 1. The van der Waals surface area contributed by atoms with E-state index in [-0.39, 0.29) is 12.6 Å². The highest BCUT2D eigenvalue weighted by Gasteiger charge is 2.16. The second-order valence-corrected chi connectivity index (χ2v) is 3.21. The maximum absolute atomic E-state index is 11.3. The van der Waals surface area contributed by atoms with E-state index < -0.39 is 5.91 Å². The Bertz CT molecular complexity index is 214. The van der Waals surface area contributed by atoms with Crippen molar-refractivity contribution in [3.05, 3.63) is 0 Å². The van der Waals surface area contributed by atoms with Crippen molar-refractivity contribution in [2.45, 2.75) is 19.3 Å². The number of likely N-dealkylation sites (tertiary alicyclic amines) is 1. The molecule has 1 aliphatic heterocycles. The molecule has 14 heavy (non-hydrogen) atoms. The van der Waals surface area contributed by atoms with E-state index in [9.17, 15) is 9.59 Å². The molecule has 3 amide bonds. The van der Waals surface area contributed by atoms with Gasteiger partial charge in [-0.05, 0) is 19.3 Å². The fourth-order valence-electron chi connectivity index (χ4n) is 1.33. The Labute approximate surface area is 82.3 Å². The van der Waals surface area contributed by atoms with Crippen molar-refractivity contribution in [3.63, 3.8) is 0 Å². The van der Waals surface area contributed by atoms with E-state index in [0.717, 1.165) is 32.4 Å². The number of hydrogen-bond donors (Lipinski definition) is 2.